The normalized spacial score (nSPS) is 12.7. The van der Waals surface area contributed by atoms with Crippen molar-refractivity contribution < 1.29 is 4.79 Å². The van der Waals surface area contributed by atoms with Crippen molar-refractivity contribution in [3.63, 3.8) is 0 Å². The maximum Gasteiger partial charge on any atom is 0.260 e. The molecule has 0 saturated heterocycles. The van der Waals surface area contributed by atoms with E-state index in [4.69, 9.17) is 5.73 Å². The molecule has 0 bridgehead atoms. The van der Waals surface area contributed by atoms with Crippen LogP contribution in [-0.2, 0) is 11.2 Å². The van der Waals surface area contributed by atoms with Crippen molar-refractivity contribution in [3.8, 4) is 0 Å². The number of fused-ring (bicyclic) bond motifs is 1. The van der Waals surface area contributed by atoms with Crippen molar-refractivity contribution in [2.45, 2.75) is 38.8 Å². The van der Waals surface area contributed by atoms with E-state index in [-0.39, 0.29) is 11.3 Å². The number of thiophene rings is 1. The van der Waals surface area contributed by atoms with Gasteiger partial charge >= 0.3 is 0 Å². The number of primary amides is 1. The average Bonchev–Trinajstić information content (AvgIpc) is 2.73. The molecular formula is C14H19N3O2S2. The number of nitrogens with one attached hydrogen (secondary N) is 1. The van der Waals surface area contributed by atoms with Gasteiger partial charge in [0.1, 0.15) is 4.83 Å². The molecule has 0 saturated carbocycles. The molecule has 2 aromatic heterocycles. The molecule has 7 heteroatoms. The SMILES string of the molecule is CCC(C)Cc1c(C)sc2nc(SCC(N)=O)[nH]c(=O)c12. The molecule has 21 heavy (non-hydrogen) atoms. The maximum atomic E-state index is 12.3. The summed E-state index contributed by atoms with van der Waals surface area (Å²) in [5.41, 5.74) is 6.08. The lowest BCUT2D eigenvalue weighted by Crippen LogP contribution is -2.15. The first-order chi connectivity index (χ1) is 9.92. The Morgan fingerprint density at radius 1 is 1.52 bits per heavy atom. The smallest absolute Gasteiger partial charge is 0.260 e. The number of rotatable bonds is 6. The first-order valence-electron chi connectivity index (χ1n) is 6.85. The summed E-state index contributed by atoms with van der Waals surface area (Å²) in [4.78, 5) is 32.2. The van der Waals surface area contributed by atoms with Gasteiger partial charge in [0.2, 0.25) is 5.91 Å². The minimum Gasteiger partial charge on any atom is -0.369 e. The summed E-state index contributed by atoms with van der Waals surface area (Å²) >= 11 is 2.69. The van der Waals surface area contributed by atoms with Crippen LogP contribution in [0.5, 0.6) is 0 Å². The lowest BCUT2D eigenvalue weighted by molar-refractivity contribution is -0.115. The minimum atomic E-state index is -0.428. The fourth-order valence-corrected chi connectivity index (χ4v) is 3.81. The molecule has 2 aromatic rings. The highest BCUT2D eigenvalue weighted by molar-refractivity contribution is 7.99. The molecule has 0 aromatic carbocycles. The van der Waals surface area contributed by atoms with Gasteiger partial charge in [0.05, 0.1) is 11.1 Å². The van der Waals surface area contributed by atoms with E-state index >= 15 is 0 Å². The van der Waals surface area contributed by atoms with Gasteiger partial charge < -0.3 is 10.7 Å². The average molecular weight is 325 g/mol. The summed E-state index contributed by atoms with van der Waals surface area (Å²) in [5, 5.41) is 1.14. The van der Waals surface area contributed by atoms with Gasteiger partial charge in [0, 0.05) is 4.88 Å². The van der Waals surface area contributed by atoms with E-state index in [0.29, 0.717) is 16.5 Å². The number of hydrogen-bond donors (Lipinski definition) is 2. The number of nitrogens with two attached hydrogens (primary N) is 1. The van der Waals surface area contributed by atoms with Gasteiger partial charge in [-0.05, 0) is 24.8 Å². The van der Waals surface area contributed by atoms with Gasteiger partial charge in [-0.2, -0.15) is 0 Å². The molecule has 1 unspecified atom stereocenters. The fraction of sp³-hybridized carbons (Fsp3) is 0.500. The Kier molecular flexibility index (Phi) is 5.05. The van der Waals surface area contributed by atoms with Crippen LogP contribution in [-0.4, -0.2) is 21.6 Å². The number of hydrogen-bond acceptors (Lipinski definition) is 5. The third kappa shape index (κ3) is 3.65. The highest BCUT2D eigenvalue weighted by atomic mass is 32.2. The van der Waals surface area contributed by atoms with Gasteiger partial charge in [-0.25, -0.2) is 4.98 Å². The summed E-state index contributed by atoms with van der Waals surface area (Å²) in [6.45, 7) is 6.36. The molecule has 0 aliphatic heterocycles. The molecule has 1 atom stereocenters. The van der Waals surface area contributed by atoms with Gasteiger partial charge in [0.15, 0.2) is 5.16 Å². The maximum absolute atomic E-state index is 12.3. The highest BCUT2D eigenvalue weighted by Gasteiger charge is 2.17. The Hall–Kier alpha value is -1.34. The first-order valence-corrected chi connectivity index (χ1v) is 8.66. The third-order valence-corrected chi connectivity index (χ3v) is 5.38. The van der Waals surface area contributed by atoms with Gasteiger partial charge in [-0.15, -0.1) is 11.3 Å². The van der Waals surface area contributed by atoms with Crippen molar-refractivity contribution >= 4 is 39.2 Å². The Morgan fingerprint density at radius 2 is 2.24 bits per heavy atom. The number of aromatic nitrogens is 2. The fourth-order valence-electron chi connectivity index (χ4n) is 2.10. The monoisotopic (exact) mass is 325 g/mol. The number of H-pyrrole nitrogens is 1. The second-order valence-corrected chi connectivity index (χ2v) is 7.33. The highest BCUT2D eigenvalue weighted by Crippen LogP contribution is 2.30. The number of carbonyl (C=O) groups excluding carboxylic acids is 1. The summed E-state index contributed by atoms with van der Waals surface area (Å²) in [6, 6.07) is 0. The molecule has 1 amide bonds. The van der Waals surface area contributed by atoms with Crippen LogP contribution in [0.15, 0.2) is 9.95 Å². The van der Waals surface area contributed by atoms with Crippen molar-refractivity contribution in [3.05, 3.63) is 20.8 Å². The van der Waals surface area contributed by atoms with Crippen LogP contribution in [0.2, 0.25) is 0 Å². The van der Waals surface area contributed by atoms with Gasteiger partial charge in [0.25, 0.3) is 5.56 Å². The van der Waals surface area contributed by atoms with Crippen LogP contribution in [0.4, 0.5) is 0 Å². The summed E-state index contributed by atoms with van der Waals surface area (Å²) in [5.74, 6) is 0.214. The Labute approximate surface area is 131 Å². The summed E-state index contributed by atoms with van der Waals surface area (Å²) < 4.78 is 0. The molecule has 114 valence electrons. The molecule has 3 N–H and O–H groups in total. The number of thioether (sulfide) groups is 1. The predicted octanol–water partition coefficient (Wildman–Crippen LogP) is 2.46. The Balaban J connectivity index is 2.43. The number of carbonyl (C=O) groups is 1. The van der Waals surface area contributed by atoms with Crippen molar-refractivity contribution in [2.75, 3.05) is 5.75 Å². The van der Waals surface area contributed by atoms with Crippen molar-refractivity contribution in [2.24, 2.45) is 11.7 Å². The van der Waals surface area contributed by atoms with Crippen LogP contribution < -0.4 is 11.3 Å². The van der Waals surface area contributed by atoms with E-state index in [0.717, 1.165) is 39.9 Å². The molecule has 0 spiro atoms. The van der Waals surface area contributed by atoms with E-state index in [1.54, 1.807) is 0 Å². The van der Waals surface area contributed by atoms with Crippen molar-refractivity contribution in [1.29, 1.82) is 0 Å². The van der Waals surface area contributed by atoms with E-state index < -0.39 is 5.91 Å². The minimum absolute atomic E-state index is 0.110. The topological polar surface area (TPSA) is 88.8 Å². The molecule has 2 heterocycles. The van der Waals surface area contributed by atoms with E-state index in [2.05, 4.69) is 23.8 Å². The van der Waals surface area contributed by atoms with E-state index in [1.165, 1.54) is 11.3 Å². The quantitative estimate of drug-likeness (QED) is 0.631. The van der Waals surface area contributed by atoms with Crippen molar-refractivity contribution in [1.82, 2.24) is 9.97 Å². The standard InChI is InChI=1S/C14H19N3O2S2/c1-4-7(2)5-9-8(3)21-13-11(9)12(19)16-14(17-13)20-6-10(15)18/h7H,4-6H2,1-3H3,(H2,15,18)(H,16,17,19). The van der Waals surface area contributed by atoms with Gasteiger partial charge in [-0.1, -0.05) is 32.0 Å². The molecule has 0 radical (unpaired) electrons. The largest absolute Gasteiger partial charge is 0.369 e. The zero-order valence-electron chi connectivity index (χ0n) is 12.4. The zero-order chi connectivity index (χ0) is 15.6. The lowest BCUT2D eigenvalue weighted by atomic mass is 9.98. The summed E-state index contributed by atoms with van der Waals surface area (Å²) in [7, 11) is 0. The molecule has 0 fully saturated rings. The van der Waals surface area contributed by atoms with Crippen LogP contribution in [0, 0.1) is 12.8 Å². The van der Waals surface area contributed by atoms with E-state index in [1.807, 2.05) is 6.92 Å². The number of nitrogens with zero attached hydrogens (tertiary/aromatic N) is 1. The number of aromatic amines is 1. The van der Waals surface area contributed by atoms with Crippen LogP contribution >= 0.6 is 23.1 Å². The molecule has 0 aliphatic rings. The number of amides is 1. The zero-order valence-corrected chi connectivity index (χ0v) is 14.0. The second-order valence-electron chi connectivity index (χ2n) is 5.16. The Morgan fingerprint density at radius 3 is 2.86 bits per heavy atom. The molecule has 0 aliphatic carbocycles. The Bertz CT molecular complexity index is 721. The van der Waals surface area contributed by atoms with E-state index in [9.17, 15) is 9.59 Å². The predicted molar refractivity (Wildman–Crippen MR) is 88.1 cm³/mol. The molecule has 2 rings (SSSR count). The number of aryl methyl sites for hydroxylation is 1. The lowest BCUT2D eigenvalue weighted by Gasteiger charge is -2.08. The van der Waals surface area contributed by atoms with Gasteiger partial charge in [-0.3, -0.25) is 9.59 Å². The molecule has 5 nitrogen and oxygen atoms in total. The van der Waals surface area contributed by atoms with Crippen LogP contribution in [0.3, 0.4) is 0 Å². The first kappa shape index (κ1) is 16.0. The van der Waals surface area contributed by atoms with Crippen LogP contribution in [0.25, 0.3) is 10.2 Å². The summed E-state index contributed by atoms with van der Waals surface area (Å²) in [6.07, 6.45) is 1.97. The third-order valence-electron chi connectivity index (χ3n) is 3.44. The molecular weight excluding hydrogens is 306 g/mol. The van der Waals surface area contributed by atoms with Crippen LogP contribution in [0.1, 0.15) is 30.7 Å². The second kappa shape index (κ2) is 6.62.